The number of aliphatic hydroxyl groups excluding tert-OH is 1. The number of nitrogens with one attached hydrogen (secondary N) is 2. The zero-order chi connectivity index (χ0) is 10.5. The summed E-state index contributed by atoms with van der Waals surface area (Å²) < 4.78 is 4.91. The Bertz CT molecular complexity index is 90.1. The first-order chi connectivity index (χ1) is 6.91. The van der Waals surface area contributed by atoms with Gasteiger partial charge in [0, 0.05) is 33.4 Å². The van der Waals surface area contributed by atoms with Gasteiger partial charge < -0.3 is 20.5 Å². The summed E-state index contributed by atoms with van der Waals surface area (Å²) in [5.74, 6) is 0. The molecule has 4 nitrogen and oxygen atoms in total. The molecule has 4 heteroatoms. The van der Waals surface area contributed by atoms with E-state index < -0.39 is 0 Å². The first-order valence-corrected chi connectivity index (χ1v) is 5.43. The number of ether oxygens (including phenoxy) is 1. The lowest BCUT2D eigenvalue weighted by Crippen LogP contribution is -2.29. The maximum Gasteiger partial charge on any atom is 0.0587 e. The number of rotatable bonds is 11. The summed E-state index contributed by atoms with van der Waals surface area (Å²) in [6, 6.07) is 0. The Labute approximate surface area is 87.0 Å². The molecule has 0 aliphatic rings. The Kier molecular flexibility index (Phi) is 12.7. The summed E-state index contributed by atoms with van der Waals surface area (Å²) in [7, 11) is 1.71. The standard InChI is InChI=1S/C10H24N2O2/c1-14-10-8-12-7-6-11-5-3-2-4-9-13/h11-13H,2-10H2,1H3. The van der Waals surface area contributed by atoms with Crippen LogP contribution >= 0.6 is 0 Å². The van der Waals surface area contributed by atoms with Crippen LogP contribution in [-0.4, -0.2) is 51.6 Å². The minimum atomic E-state index is 0.318. The Morgan fingerprint density at radius 3 is 2.29 bits per heavy atom. The van der Waals surface area contributed by atoms with Gasteiger partial charge in [-0.3, -0.25) is 0 Å². The quantitative estimate of drug-likeness (QED) is 0.414. The van der Waals surface area contributed by atoms with E-state index in [1.165, 1.54) is 0 Å². The monoisotopic (exact) mass is 204 g/mol. The third-order valence-corrected chi connectivity index (χ3v) is 1.97. The molecular weight excluding hydrogens is 180 g/mol. The van der Waals surface area contributed by atoms with Gasteiger partial charge in [-0.25, -0.2) is 0 Å². The normalized spacial score (nSPS) is 10.7. The van der Waals surface area contributed by atoms with Gasteiger partial charge in [-0.05, 0) is 25.8 Å². The fourth-order valence-electron chi connectivity index (χ4n) is 1.14. The van der Waals surface area contributed by atoms with Gasteiger partial charge in [-0.2, -0.15) is 0 Å². The maximum atomic E-state index is 8.55. The lowest BCUT2D eigenvalue weighted by molar-refractivity contribution is 0.199. The van der Waals surface area contributed by atoms with Crippen LogP contribution in [0.3, 0.4) is 0 Å². The molecule has 0 atom stereocenters. The maximum absolute atomic E-state index is 8.55. The van der Waals surface area contributed by atoms with Gasteiger partial charge in [-0.15, -0.1) is 0 Å². The molecular formula is C10H24N2O2. The van der Waals surface area contributed by atoms with E-state index in [-0.39, 0.29) is 0 Å². The van der Waals surface area contributed by atoms with E-state index in [1.54, 1.807) is 7.11 Å². The summed E-state index contributed by atoms with van der Waals surface area (Å²) in [6.07, 6.45) is 3.19. The Balaban J connectivity index is 2.78. The summed E-state index contributed by atoms with van der Waals surface area (Å²) >= 11 is 0. The highest BCUT2D eigenvalue weighted by atomic mass is 16.5. The van der Waals surface area contributed by atoms with Gasteiger partial charge in [-0.1, -0.05) is 0 Å². The zero-order valence-corrected chi connectivity index (χ0v) is 9.22. The van der Waals surface area contributed by atoms with Gasteiger partial charge >= 0.3 is 0 Å². The molecule has 0 aliphatic heterocycles. The summed E-state index contributed by atoms with van der Waals surface area (Å²) in [4.78, 5) is 0. The van der Waals surface area contributed by atoms with E-state index in [2.05, 4.69) is 10.6 Å². The molecule has 0 heterocycles. The fraction of sp³-hybridized carbons (Fsp3) is 1.00. The molecule has 0 saturated carbocycles. The number of unbranched alkanes of at least 4 members (excludes halogenated alkanes) is 2. The van der Waals surface area contributed by atoms with Crippen LogP contribution in [0.2, 0.25) is 0 Å². The highest BCUT2D eigenvalue weighted by Gasteiger charge is 1.89. The molecule has 0 bridgehead atoms. The fourth-order valence-corrected chi connectivity index (χ4v) is 1.14. The van der Waals surface area contributed by atoms with Crippen LogP contribution < -0.4 is 10.6 Å². The van der Waals surface area contributed by atoms with Crippen molar-refractivity contribution in [2.24, 2.45) is 0 Å². The topological polar surface area (TPSA) is 53.5 Å². The SMILES string of the molecule is COCCNCCNCCCCCO. The van der Waals surface area contributed by atoms with Crippen LogP contribution in [0.5, 0.6) is 0 Å². The largest absolute Gasteiger partial charge is 0.396 e. The van der Waals surface area contributed by atoms with Crippen molar-refractivity contribution < 1.29 is 9.84 Å². The second-order valence-corrected chi connectivity index (χ2v) is 3.28. The van der Waals surface area contributed by atoms with Gasteiger partial charge in [0.1, 0.15) is 0 Å². The zero-order valence-electron chi connectivity index (χ0n) is 9.22. The van der Waals surface area contributed by atoms with Crippen molar-refractivity contribution in [2.45, 2.75) is 19.3 Å². The van der Waals surface area contributed by atoms with Crippen LogP contribution in [0, 0.1) is 0 Å². The molecule has 0 rings (SSSR count). The smallest absolute Gasteiger partial charge is 0.0587 e. The van der Waals surface area contributed by atoms with Crippen molar-refractivity contribution in [3.8, 4) is 0 Å². The average molecular weight is 204 g/mol. The average Bonchev–Trinajstić information content (AvgIpc) is 2.21. The van der Waals surface area contributed by atoms with E-state index in [4.69, 9.17) is 9.84 Å². The van der Waals surface area contributed by atoms with Crippen molar-refractivity contribution in [2.75, 3.05) is 46.5 Å². The van der Waals surface area contributed by atoms with Crippen LogP contribution in [0.25, 0.3) is 0 Å². The van der Waals surface area contributed by atoms with Gasteiger partial charge in [0.15, 0.2) is 0 Å². The second-order valence-electron chi connectivity index (χ2n) is 3.28. The molecule has 0 amide bonds. The van der Waals surface area contributed by atoms with Gasteiger partial charge in [0.2, 0.25) is 0 Å². The summed E-state index contributed by atoms with van der Waals surface area (Å²) in [6.45, 7) is 5.05. The number of aliphatic hydroxyl groups is 1. The number of methoxy groups -OCH3 is 1. The Morgan fingerprint density at radius 2 is 1.64 bits per heavy atom. The van der Waals surface area contributed by atoms with Crippen molar-refractivity contribution >= 4 is 0 Å². The van der Waals surface area contributed by atoms with Gasteiger partial charge in [0.25, 0.3) is 0 Å². The van der Waals surface area contributed by atoms with Crippen LogP contribution in [0.1, 0.15) is 19.3 Å². The van der Waals surface area contributed by atoms with E-state index in [0.717, 1.165) is 52.0 Å². The van der Waals surface area contributed by atoms with Crippen LogP contribution in [-0.2, 0) is 4.74 Å². The molecule has 0 spiro atoms. The van der Waals surface area contributed by atoms with E-state index in [9.17, 15) is 0 Å². The Morgan fingerprint density at radius 1 is 0.929 bits per heavy atom. The molecule has 0 aromatic rings. The van der Waals surface area contributed by atoms with Crippen molar-refractivity contribution in [3.63, 3.8) is 0 Å². The predicted molar refractivity (Wildman–Crippen MR) is 58.6 cm³/mol. The molecule has 0 aliphatic carbocycles. The molecule has 0 fully saturated rings. The molecule has 86 valence electrons. The molecule has 0 aromatic carbocycles. The van der Waals surface area contributed by atoms with Crippen LogP contribution in [0.4, 0.5) is 0 Å². The molecule has 0 radical (unpaired) electrons. The minimum Gasteiger partial charge on any atom is -0.396 e. The first-order valence-electron chi connectivity index (χ1n) is 5.43. The Hall–Kier alpha value is -0.160. The molecule has 0 aromatic heterocycles. The minimum absolute atomic E-state index is 0.318. The second kappa shape index (κ2) is 12.8. The van der Waals surface area contributed by atoms with E-state index in [0.29, 0.717) is 6.61 Å². The molecule has 0 saturated heterocycles. The van der Waals surface area contributed by atoms with Crippen molar-refractivity contribution in [3.05, 3.63) is 0 Å². The lowest BCUT2D eigenvalue weighted by atomic mass is 10.2. The highest BCUT2D eigenvalue weighted by molar-refractivity contribution is 4.52. The molecule has 0 unspecified atom stereocenters. The van der Waals surface area contributed by atoms with E-state index >= 15 is 0 Å². The van der Waals surface area contributed by atoms with E-state index in [1.807, 2.05) is 0 Å². The first kappa shape index (κ1) is 13.8. The number of hydrogen-bond acceptors (Lipinski definition) is 4. The van der Waals surface area contributed by atoms with Crippen molar-refractivity contribution in [1.29, 1.82) is 0 Å². The molecule has 3 N–H and O–H groups in total. The summed E-state index contributed by atoms with van der Waals surface area (Å²) in [5, 5.41) is 15.1. The van der Waals surface area contributed by atoms with Crippen LogP contribution in [0.15, 0.2) is 0 Å². The third kappa shape index (κ3) is 11.8. The number of hydrogen-bond donors (Lipinski definition) is 3. The summed E-state index contributed by atoms with van der Waals surface area (Å²) in [5.41, 5.74) is 0. The van der Waals surface area contributed by atoms with Gasteiger partial charge in [0.05, 0.1) is 6.61 Å². The molecule has 14 heavy (non-hydrogen) atoms. The predicted octanol–water partition coefficient (Wildman–Crippen LogP) is -0.0254. The van der Waals surface area contributed by atoms with Crippen molar-refractivity contribution in [1.82, 2.24) is 10.6 Å². The lowest BCUT2D eigenvalue weighted by Gasteiger charge is -2.05. The highest BCUT2D eigenvalue weighted by Crippen LogP contribution is 1.91. The third-order valence-electron chi connectivity index (χ3n) is 1.97.